The van der Waals surface area contributed by atoms with Gasteiger partial charge in [-0.2, -0.15) is 0 Å². The zero-order valence-electron chi connectivity index (χ0n) is 7.09. The molecule has 0 aromatic carbocycles. The van der Waals surface area contributed by atoms with Crippen molar-refractivity contribution in [3.05, 3.63) is 0 Å². The molecular weight excluding hydrogens is 126 g/mol. The number of nitrogens with zero attached hydrogens (tertiary/aromatic N) is 1. The van der Waals surface area contributed by atoms with Crippen molar-refractivity contribution in [3.8, 4) is 0 Å². The zero-order chi connectivity index (χ0) is 7.78. The molecule has 0 aliphatic carbocycles. The van der Waals surface area contributed by atoms with Crippen LogP contribution in [0.1, 0.15) is 20.3 Å². The van der Waals surface area contributed by atoms with Crippen molar-refractivity contribution in [2.24, 2.45) is 5.41 Å². The summed E-state index contributed by atoms with van der Waals surface area (Å²) in [7, 11) is 2.08. The summed E-state index contributed by atoms with van der Waals surface area (Å²) in [6, 6.07) is 0.368. The predicted molar refractivity (Wildman–Crippen MR) is 41.9 cm³/mol. The van der Waals surface area contributed by atoms with Crippen LogP contribution in [0.15, 0.2) is 0 Å². The van der Waals surface area contributed by atoms with E-state index in [1.54, 1.807) is 0 Å². The van der Waals surface area contributed by atoms with Crippen molar-refractivity contribution >= 4 is 0 Å². The summed E-state index contributed by atoms with van der Waals surface area (Å²) in [6.45, 7) is 5.86. The van der Waals surface area contributed by atoms with Gasteiger partial charge in [0.1, 0.15) is 0 Å². The number of hydrogen-bond donors (Lipinski definition) is 1. The first-order chi connectivity index (χ1) is 4.58. The molecule has 0 bridgehead atoms. The van der Waals surface area contributed by atoms with E-state index in [-0.39, 0.29) is 0 Å². The number of aliphatic hydroxyl groups excluding tert-OH is 1. The molecule has 1 atom stereocenters. The van der Waals surface area contributed by atoms with E-state index in [9.17, 15) is 0 Å². The lowest BCUT2D eigenvalue weighted by Gasteiger charge is -2.28. The predicted octanol–water partition coefficient (Wildman–Crippen LogP) is 0.709. The van der Waals surface area contributed by atoms with Gasteiger partial charge in [0, 0.05) is 6.04 Å². The van der Waals surface area contributed by atoms with Crippen LogP contribution in [0.25, 0.3) is 0 Å². The van der Waals surface area contributed by atoms with E-state index in [2.05, 4.69) is 25.8 Å². The fourth-order valence-corrected chi connectivity index (χ4v) is 1.77. The van der Waals surface area contributed by atoms with Crippen molar-refractivity contribution in [1.29, 1.82) is 0 Å². The van der Waals surface area contributed by atoms with Crippen molar-refractivity contribution in [3.63, 3.8) is 0 Å². The van der Waals surface area contributed by atoms with Gasteiger partial charge in [0.15, 0.2) is 0 Å². The highest BCUT2D eigenvalue weighted by Crippen LogP contribution is 2.34. The summed E-state index contributed by atoms with van der Waals surface area (Å²) in [6.07, 6.45) is 1.20. The largest absolute Gasteiger partial charge is 0.395 e. The third-order valence-corrected chi connectivity index (χ3v) is 2.72. The molecule has 2 heteroatoms. The van der Waals surface area contributed by atoms with Gasteiger partial charge < -0.3 is 10.0 Å². The van der Waals surface area contributed by atoms with E-state index in [4.69, 9.17) is 5.11 Å². The average Bonchev–Trinajstić information content (AvgIpc) is 2.07. The topological polar surface area (TPSA) is 23.5 Å². The third kappa shape index (κ3) is 1.18. The summed E-state index contributed by atoms with van der Waals surface area (Å²) < 4.78 is 0. The molecule has 1 aliphatic heterocycles. The van der Waals surface area contributed by atoms with Crippen LogP contribution < -0.4 is 0 Å². The van der Waals surface area contributed by atoms with Gasteiger partial charge in [0.25, 0.3) is 0 Å². The normalized spacial score (nSPS) is 33.0. The van der Waals surface area contributed by atoms with Crippen LogP contribution in [0.3, 0.4) is 0 Å². The maximum Gasteiger partial charge on any atom is 0.0591 e. The molecule has 2 nitrogen and oxygen atoms in total. The highest BCUT2D eigenvalue weighted by molar-refractivity contribution is 4.91. The average molecular weight is 143 g/mol. The van der Waals surface area contributed by atoms with Gasteiger partial charge in [-0.1, -0.05) is 13.8 Å². The number of rotatable bonds is 1. The van der Waals surface area contributed by atoms with Crippen LogP contribution in [0, 0.1) is 5.41 Å². The standard InChI is InChI=1S/C8H17NO/c1-8(2)4-5-9(3)7(8)6-10/h7,10H,4-6H2,1-3H3. The zero-order valence-corrected chi connectivity index (χ0v) is 7.09. The molecule has 1 fully saturated rings. The minimum absolute atomic E-state index is 0.295. The SMILES string of the molecule is CN1CCC(C)(C)C1CO. The second-order valence-electron chi connectivity index (χ2n) is 3.92. The van der Waals surface area contributed by atoms with Crippen LogP contribution in [0.2, 0.25) is 0 Å². The fraction of sp³-hybridized carbons (Fsp3) is 1.00. The van der Waals surface area contributed by atoms with Crippen molar-refractivity contribution in [2.75, 3.05) is 20.2 Å². The van der Waals surface area contributed by atoms with Crippen molar-refractivity contribution < 1.29 is 5.11 Å². The van der Waals surface area contributed by atoms with Crippen molar-refractivity contribution in [2.45, 2.75) is 26.3 Å². The fourth-order valence-electron chi connectivity index (χ4n) is 1.77. The summed E-state index contributed by atoms with van der Waals surface area (Å²) >= 11 is 0. The Morgan fingerprint density at radius 3 is 2.40 bits per heavy atom. The van der Waals surface area contributed by atoms with E-state index in [0.29, 0.717) is 18.1 Å². The Bertz CT molecular complexity index is 122. The van der Waals surface area contributed by atoms with Gasteiger partial charge in [0.2, 0.25) is 0 Å². The molecule has 0 aromatic rings. The van der Waals surface area contributed by atoms with Crippen molar-refractivity contribution in [1.82, 2.24) is 4.90 Å². The number of likely N-dealkylation sites (N-methyl/N-ethyl adjacent to an activating group) is 1. The van der Waals surface area contributed by atoms with Gasteiger partial charge in [-0.3, -0.25) is 0 Å². The van der Waals surface area contributed by atoms with E-state index < -0.39 is 0 Å². The van der Waals surface area contributed by atoms with E-state index >= 15 is 0 Å². The first-order valence-electron chi connectivity index (χ1n) is 3.89. The van der Waals surface area contributed by atoms with Crippen LogP contribution in [0.5, 0.6) is 0 Å². The molecule has 60 valence electrons. The quantitative estimate of drug-likeness (QED) is 0.584. The van der Waals surface area contributed by atoms with Gasteiger partial charge >= 0.3 is 0 Å². The molecule has 1 unspecified atom stereocenters. The Balaban J connectivity index is 2.63. The summed E-state index contributed by atoms with van der Waals surface area (Å²) in [4.78, 5) is 2.24. The lowest BCUT2D eigenvalue weighted by molar-refractivity contribution is 0.121. The third-order valence-electron chi connectivity index (χ3n) is 2.72. The lowest BCUT2D eigenvalue weighted by atomic mass is 9.85. The Hall–Kier alpha value is -0.0800. The second-order valence-corrected chi connectivity index (χ2v) is 3.92. The first-order valence-corrected chi connectivity index (χ1v) is 3.89. The Morgan fingerprint density at radius 2 is 2.20 bits per heavy atom. The molecule has 0 amide bonds. The molecular formula is C8H17NO. The Labute approximate surface area is 62.8 Å². The Kier molecular flexibility index (Phi) is 2.02. The highest BCUT2D eigenvalue weighted by Gasteiger charge is 2.37. The molecule has 1 saturated heterocycles. The molecule has 10 heavy (non-hydrogen) atoms. The minimum Gasteiger partial charge on any atom is -0.395 e. The molecule has 1 heterocycles. The monoisotopic (exact) mass is 143 g/mol. The number of hydrogen-bond acceptors (Lipinski definition) is 2. The number of aliphatic hydroxyl groups is 1. The summed E-state index contributed by atoms with van der Waals surface area (Å²) in [5.74, 6) is 0. The molecule has 1 rings (SSSR count). The van der Waals surface area contributed by atoms with Crippen LogP contribution in [-0.4, -0.2) is 36.2 Å². The minimum atomic E-state index is 0.295. The van der Waals surface area contributed by atoms with Gasteiger partial charge in [-0.05, 0) is 25.4 Å². The van der Waals surface area contributed by atoms with E-state index in [1.807, 2.05) is 0 Å². The van der Waals surface area contributed by atoms with Gasteiger partial charge in [-0.15, -0.1) is 0 Å². The smallest absolute Gasteiger partial charge is 0.0591 e. The maximum atomic E-state index is 9.03. The maximum absolute atomic E-state index is 9.03. The second kappa shape index (κ2) is 2.51. The number of likely N-dealkylation sites (tertiary alicyclic amines) is 1. The molecule has 0 spiro atoms. The highest BCUT2D eigenvalue weighted by atomic mass is 16.3. The van der Waals surface area contributed by atoms with Crippen LogP contribution in [-0.2, 0) is 0 Å². The summed E-state index contributed by atoms with van der Waals surface area (Å²) in [5.41, 5.74) is 0.309. The molecule has 1 aliphatic rings. The molecule has 1 N–H and O–H groups in total. The van der Waals surface area contributed by atoms with E-state index in [0.717, 1.165) is 6.54 Å². The van der Waals surface area contributed by atoms with E-state index in [1.165, 1.54) is 6.42 Å². The lowest BCUT2D eigenvalue weighted by Crippen LogP contribution is -2.37. The summed E-state index contributed by atoms with van der Waals surface area (Å²) in [5, 5.41) is 9.03. The molecule has 0 aromatic heterocycles. The van der Waals surface area contributed by atoms with Gasteiger partial charge in [0.05, 0.1) is 6.61 Å². The Morgan fingerprint density at radius 1 is 1.60 bits per heavy atom. The molecule has 0 saturated carbocycles. The first kappa shape index (κ1) is 8.02. The van der Waals surface area contributed by atoms with Crippen LogP contribution >= 0.6 is 0 Å². The van der Waals surface area contributed by atoms with Crippen LogP contribution in [0.4, 0.5) is 0 Å². The molecule has 0 radical (unpaired) electrons. The van der Waals surface area contributed by atoms with Gasteiger partial charge in [-0.25, -0.2) is 0 Å².